The van der Waals surface area contributed by atoms with Crippen LogP contribution in [-0.4, -0.2) is 43.2 Å². The van der Waals surface area contributed by atoms with E-state index in [4.69, 9.17) is 9.84 Å². The number of benzene rings is 1. The van der Waals surface area contributed by atoms with Crippen molar-refractivity contribution in [2.24, 2.45) is 5.92 Å². The molecule has 0 amide bonds. The van der Waals surface area contributed by atoms with Crippen molar-refractivity contribution in [2.45, 2.75) is 20.3 Å². The van der Waals surface area contributed by atoms with Gasteiger partial charge in [0.2, 0.25) is 0 Å². The van der Waals surface area contributed by atoms with E-state index in [2.05, 4.69) is 17.0 Å². The third-order valence-corrected chi connectivity index (χ3v) is 3.25. The molecule has 1 N–H and O–H groups in total. The summed E-state index contributed by atoms with van der Waals surface area (Å²) < 4.78 is 5.23. The Bertz CT molecular complexity index is 431. The molecule has 0 aliphatic carbocycles. The Morgan fingerprint density at radius 2 is 2.16 bits per heavy atom. The lowest BCUT2D eigenvalue weighted by molar-refractivity contribution is -0.141. The van der Waals surface area contributed by atoms with Crippen LogP contribution in [0.1, 0.15) is 18.1 Å². The molecule has 4 heteroatoms. The first kappa shape index (κ1) is 15.5. The average molecular weight is 265 g/mol. The Labute approximate surface area is 115 Å². The van der Waals surface area contributed by atoms with E-state index in [1.54, 1.807) is 14.0 Å². The topological polar surface area (TPSA) is 49.8 Å². The van der Waals surface area contributed by atoms with Gasteiger partial charge in [0.05, 0.1) is 13.0 Å². The van der Waals surface area contributed by atoms with Crippen LogP contribution in [0.2, 0.25) is 0 Å². The first-order valence-electron chi connectivity index (χ1n) is 6.49. The lowest BCUT2D eigenvalue weighted by atomic mass is 10.1. The summed E-state index contributed by atoms with van der Waals surface area (Å²) in [6.07, 6.45) is 0.910. The molecule has 0 bridgehead atoms. The van der Waals surface area contributed by atoms with Crippen LogP contribution in [0.25, 0.3) is 0 Å². The van der Waals surface area contributed by atoms with Gasteiger partial charge in [-0.05, 0) is 37.6 Å². The summed E-state index contributed by atoms with van der Waals surface area (Å²) in [6.45, 7) is 5.18. The van der Waals surface area contributed by atoms with Crippen LogP contribution in [-0.2, 0) is 11.2 Å². The molecule has 0 radical (unpaired) electrons. The Kier molecular flexibility index (Phi) is 5.83. The van der Waals surface area contributed by atoms with Gasteiger partial charge in [-0.3, -0.25) is 4.79 Å². The van der Waals surface area contributed by atoms with Gasteiger partial charge in [0.25, 0.3) is 0 Å². The fraction of sp³-hybridized carbons (Fsp3) is 0.533. The van der Waals surface area contributed by atoms with Gasteiger partial charge in [0.15, 0.2) is 0 Å². The summed E-state index contributed by atoms with van der Waals surface area (Å²) in [5.74, 6) is -0.175. The molecule has 1 unspecified atom stereocenters. The van der Waals surface area contributed by atoms with E-state index in [9.17, 15) is 4.79 Å². The zero-order valence-corrected chi connectivity index (χ0v) is 12.1. The summed E-state index contributed by atoms with van der Waals surface area (Å²) in [7, 11) is 3.62. The maximum absolute atomic E-state index is 10.8. The Morgan fingerprint density at radius 1 is 1.47 bits per heavy atom. The van der Waals surface area contributed by atoms with Crippen molar-refractivity contribution in [3.05, 3.63) is 29.3 Å². The van der Waals surface area contributed by atoms with Gasteiger partial charge in [0.1, 0.15) is 5.75 Å². The van der Waals surface area contributed by atoms with Crippen LogP contribution in [0.15, 0.2) is 18.2 Å². The van der Waals surface area contributed by atoms with Crippen LogP contribution < -0.4 is 4.74 Å². The minimum Gasteiger partial charge on any atom is -0.496 e. The molecule has 0 saturated heterocycles. The molecular formula is C15H23NO3. The second kappa shape index (κ2) is 7.14. The maximum Gasteiger partial charge on any atom is 0.307 e. The molecule has 0 saturated carbocycles. The number of methoxy groups -OCH3 is 1. The van der Waals surface area contributed by atoms with Crippen molar-refractivity contribution in [2.75, 3.05) is 27.2 Å². The number of hydrogen-bond donors (Lipinski definition) is 1. The summed E-state index contributed by atoms with van der Waals surface area (Å²) in [4.78, 5) is 12.8. The minimum atomic E-state index is -0.743. The third kappa shape index (κ3) is 4.91. The van der Waals surface area contributed by atoms with Crippen molar-refractivity contribution in [1.82, 2.24) is 4.90 Å². The number of carboxylic acid groups (broad SMARTS) is 1. The number of hydrogen-bond acceptors (Lipinski definition) is 3. The van der Waals surface area contributed by atoms with E-state index in [-0.39, 0.29) is 5.92 Å². The zero-order chi connectivity index (χ0) is 14.4. The molecule has 1 rings (SSSR count). The van der Waals surface area contributed by atoms with Gasteiger partial charge in [0, 0.05) is 13.1 Å². The number of aryl methyl sites for hydroxylation is 1. The largest absolute Gasteiger partial charge is 0.496 e. The maximum atomic E-state index is 10.8. The summed E-state index contributed by atoms with van der Waals surface area (Å²) in [5, 5.41) is 8.87. The molecule has 1 aromatic rings. The van der Waals surface area contributed by atoms with E-state index in [1.807, 2.05) is 20.0 Å². The minimum absolute atomic E-state index is 0.331. The fourth-order valence-corrected chi connectivity index (χ4v) is 2.05. The predicted octanol–water partition coefficient (Wildman–Crippen LogP) is 2.20. The summed E-state index contributed by atoms with van der Waals surface area (Å²) in [5.41, 5.74) is 2.37. The second-order valence-corrected chi connectivity index (χ2v) is 5.06. The van der Waals surface area contributed by atoms with Gasteiger partial charge >= 0.3 is 5.97 Å². The Balaban J connectivity index is 2.48. The molecule has 19 heavy (non-hydrogen) atoms. The van der Waals surface area contributed by atoms with Crippen LogP contribution in [0.4, 0.5) is 0 Å². The standard InChI is InChI=1S/C15H23NO3/c1-11-9-13(5-6-14(11)19-4)7-8-16(3)10-12(2)15(17)18/h5-6,9,12H,7-8,10H2,1-4H3,(H,17,18). The summed E-state index contributed by atoms with van der Waals surface area (Å²) >= 11 is 0. The number of nitrogens with zero attached hydrogens (tertiary/aromatic N) is 1. The van der Waals surface area contributed by atoms with Crippen LogP contribution in [0.3, 0.4) is 0 Å². The number of carboxylic acids is 1. The molecule has 4 nitrogen and oxygen atoms in total. The van der Waals surface area contributed by atoms with Crippen molar-refractivity contribution in [3.63, 3.8) is 0 Å². The number of aliphatic carboxylic acids is 1. The number of ether oxygens (including phenoxy) is 1. The molecule has 0 heterocycles. The van der Waals surface area contributed by atoms with E-state index in [1.165, 1.54) is 5.56 Å². The summed E-state index contributed by atoms with van der Waals surface area (Å²) in [6, 6.07) is 6.15. The van der Waals surface area contributed by atoms with E-state index in [0.717, 1.165) is 24.3 Å². The number of rotatable bonds is 7. The van der Waals surface area contributed by atoms with E-state index in [0.29, 0.717) is 6.54 Å². The molecule has 0 aliphatic rings. The molecule has 0 fully saturated rings. The molecule has 0 spiro atoms. The molecule has 0 aliphatic heterocycles. The van der Waals surface area contributed by atoms with Gasteiger partial charge in [-0.15, -0.1) is 0 Å². The van der Waals surface area contributed by atoms with Crippen LogP contribution in [0.5, 0.6) is 5.75 Å². The van der Waals surface area contributed by atoms with Crippen LogP contribution >= 0.6 is 0 Å². The second-order valence-electron chi connectivity index (χ2n) is 5.06. The average Bonchev–Trinajstić information content (AvgIpc) is 2.36. The van der Waals surface area contributed by atoms with Crippen molar-refractivity contribution < 1.29 is 14.6 Å². The van der Waals surface area contributed by atoms with E-state index < -0.39 is 5.97 Å². The zero-order valence-electron chi connectivity index (χ0n) is 12.1. The van der Waals surface area contributed by atoms with Gasteiger partial charge in [-0.25, -0.2) is 0 Å². The van der Waals surface area contributed by atoms with Crippen LogP contribution in [0, 0.1) is 12.8 Å². The Morgan fingerprint density at radius 3 is 2.68 bits per heavy atom. The first-order chi connectivity index (χ1) is 8.93. The molecular weight excluding hydrogens is 242 g/mol. The van der Waals surface area contributed by atoms with E-state index >= 15 is 0 Å². The SMILES string of the molecule is COc1ccc(CCN(C)CC(C)C(=O)O)cc1C. The predicted molar refractivity (Wildman–Crippen MR) is 75.7 cm³/mol. The highest BCUT2D eigenvalue weighted by atomic mass is 16.5. The normalized spacial score (nSPS) is 12.5. The van der Waals surface area contributed by atoms with Gasteiger partial charge in [-0.2, -0.15) is 0 Å². The highest BCUT2D eigenvalue weighted by Gasteiger charge is 2.13. The molecule has 1 atom stereocenters. The smallest absolute Gasteiger partial charge is 0.307 e. The number of likely N-dealkylation sites (N-methyl/N-ethyl adjacent to an activating group) is 1. The quantitative estimate of drug-likeness (QED) is 0.821. The number of carbonyl (C=O) groups is 1. The van der Waals surface area contributed by atoms with Crippen molar-refractivity contribution >= 4 is 5.97 Å². The van der Waals surface area contributed by atoms with Gasteiger partial charge < -0.3 is 14.7 Å². The highest BCUT2D eigenvalue weighted by Crippen LogP contribution is 2.18. The molecule has 0 aromatic heterocycles. The Hall–Kier alpha value is -1.55. The lowest BCUT2D eigenvalue weighted by Crippen LogP contribution is -2.30. The van der Waals surface area contributed by atoms with Crippen molar-refractivity contribution in [3.8, 4) is 5.75 Å². The van der Waals surface area contributed by atoms with Gasteiger partial charge in [-0.1, -0.05) is 19.1 Å². The fourth-order valence-electron chi connectivity index (χ4n) is 2.05. The lowest BCUT2D eigenvalue weighted by Gasteiger charge is -2.19. The van der Waals surface area contributed by atoms with Crippen molar-refractivity contribution in [1.29, 1.82) is 0 Å². The highest BCUT2D eigenvalue weighted by molar-refractivity contribution is 5.69. The molecule has 106 valence electrons. The molecule has 1 aromatic carbocycles. The monoisotopic (exact) mass is 265 g/mol. The first-order valence-corrected chi connectivity index (χ1v) is 6.49. The third-order valence-electron chi connectivity index (χ3n) is 3.25.